The number of benzene rings is 1. The standard InChI is InChI=1S/C13H12F2O3/c1-7-12(16-2)9(6-18-7)8-4-5-10(14)11(15)13(8)17-3/h4-6H,1-3H3. The van der Waals surface area contributed by atoms with E-state index >= 15 is 0 Å². The fourth-order valence-corrected chi connectivity index (χ4v) is 1.83. The number of halogens is 2. The molecule has 0 saturated heterocycles. The van der Waals surface area contributed by atoms with E-state index in [-0.39, 0.29) is 5.75 Å². The van der Waals surface area contributed by atoms with Gasteiger partial charge >= 0.3 is 0 Å². The Kier molecular flexibility index (Phi) is 3.23. The molecule has 0 amide bonds. The smallest absolute Gasteiger partial charge is 0.201 e. The first-order valence-electron chi connectivity index (χ1n) is 5.24. The molecule has 96 valence electrons. The van der Waals surface area contributed by atoms with E-state index in [9.17, 15) is 8.78 Å². The first-order chi connectivity index (χ1) is 8.60. The van der Waals surface area contributed by atoms with Gasteiger partial charge in [0.15, 0.2) is 17.3 Å². The number of aryl methyl sites for hydroxylation is 1. The van der Waals surface area contributed by atoms with Crippen molar-refractivity contribution >= 4 is 0 Å². The third kappa shape index (κ3) is 1.81. The Labute approximate surface area is 103 Å². The van der Waals surface area contributed by atoms with Crippen LogP contribution in [0.5, 0.6) is 11.5 Å². The highest BCUT2D eigenvalue weighted by Crippen LogP contribution is 2.40. The van der Waals surface area contributed by atoms with Crippen LogP contribution in [0, 0.1) is 18.6 Å². The van der Waals surface area contributed by atoms with Crippen molar-refractivity contribution in [3.63, 3.8) is 0 Å². The van der Waals surface area contributed by atoms with Gasteiger partial charge in [-0.2, -0.15) is 4.39 Å². The van der Waals surface area contributed by atoms with Crippen molar-refractivity contribution in [2.45, 2.75) is 6.92 Å². The zero-order valence-corrected chi connectivity index (χ0v) is 10.2. The minimum absolute atomic E-state index is 0.172. The molecular weight excluding hydrogens is 242 g/mol. The van der Waals surface area contributed by atoms with Crippen molar-refractivity contribution in [1.82, 2.24) is 0 Å². The molecule has 18 heavy (non-hydrogen) atoms. The molecule has 0 bridgehead atoms. The van der Waals surface area contributed by atoms with Crippen molar-refractivity contribution in [3.05, 3.63) is 35.8 Å². The number of hydrogen-bond donors (Lipinski definition) is 0. The van der Waals surface area contributed by atoms with Crippen LogP contribution in [0.15, 0.2) is 22.8 Å². The summed E-state index contributed by atoms with van der Waals surface area (Å²) in [5.74, 6) is -1.14. The van der Waals surface area contributed by atoms with E-state index in [1.165, 1.54) is 26.5 Å². The summed E-state index contributed by atoms with van der Waals surface area (Å²) in [4.78, 5) is 0. The van der Waals surface area contributed by atoms with E-state index in [0.717, 1.165) is 6.07 Å². The van der Waals surface area contributed by atoms with Crippen molar-refractivity contribution in [3.8, 4) is 22.6 Å². The van der Waals surface area contributed by atoms with Gasteiger partial charge in [0.1, 0.15) is 12.0 Å². The number of ether oxygens (including phenoxy) is 2. The first kappa shape index (κ1) is 12.4. The lowest BCUT2D eigenvalue weighted by molar-refractivity contribution is 0.373. The van der Waals surface area contributed by atoms with Crippen LogP contribution in [-0.2, 0) is 0 Å². The summed E-state index contributed by atoms with van der Waals surface area (Å²) in [6.45, 7) is 1.72. The number of rotatable bonds is 3. The number of methoxy groups -OCH3 is 2. The summed E-state index contributed by atoms with van der Waals surface area (Å²) < 4.78 is 42.1. The van der Waals surface area contributed by atoms with Gasteiger partial charge in [-0.15, -0.1) is 0 Å². The van der Waals surface area contributed by atoms with E-state index in [1.54, 1.807) is 6.92 Å². The molecule has 0 spiro atoms. The lowest BCUT2D eigenvalue weighted by Gasteiger charge is -2.09. The molecule has 0 aliphatic heterocycles. The van der Waals surface area contributed by atoms with Crippen LogP contribution < -0.4 is 9.47 Å². The maximum atomic E-state index is 13.6. The lowest BCUT2D eigenvalue weighted by atomic mass is 10.1. The van der Waals surface area contributed by atoms with Gasteiger partial charge in [0, 0.05) is 5.56 Å². The second-order valence-corrected chi connectivity index (χ2v) is 3.68. The van der Waals surface area contributed by atoms with Crippen LogP contribution in [0.1, 0.15) is 5.76 Å². The molecule has 0 fully saturated rings. The molecule has 5 heteroatoms. The highest BCUT2D eigenvalue weighted by molar-refractivity contribution is 5.76. The van der Waals surface area contributed by atoms with Gasteiger partial charge in [0.2, 0.25) is 5.82 Å². The minimum Gasteiger partial charge on any atom is -0.493 e. The molecule has 1 aromatic carbocycles. The Morgan fingerprint density at radius 1 is 1.00 bits per heavy atom. The fraction of sp³-hybridized carbons (Fsp3) is 0.231. The molecule has 0 N–H and O–H groups in total. The van der Waals surface area contributed by atoms with Crippen LogP contribution >= 0.6 is 0 Å². The molecule has 0 saturated carbocycles. The maximum Gasteiger partial charge on any atom is 0.201 e. The van der Waals surface area contributed by atoms with E-state index in [0.29, 0.717) is 22.6 Å². The van der Waals surface area contributed by atoms with Gasteiger partial charge in [-0.05, 0) is 19.1 Å². The molecule has 2 aromatic rings. The average molecular weight is 254 g/mol. The highest BCUT2D eigenvalue weighted by atomic mass is 19.2. The summed E-state index contributed by atoms with van der Waals surface area (Å²) in [5, 5.41) is 0. The molecule has 1 heterocycles. The van der Waals surface area contributed by atoms with E-state index in [4.69, 9.17) is 13.9 Å². The van der Waals surface area contributed by atoms with Gasteiger partial charge in [0.05, 0.1) is 19.8 Å². The molecule has 0 aliphatic carbocycles. The molecule has 3 nitrogen and oxygen atoms in total. The van der Waals surface area contributed by atoms with Crippen LogP contribution in [0.2, 0.25) is 0 Å². The summed E-state index contributed by atoms with van der Waals surface area (Å²) in [6.07, 6.45) is 1.42. The van der Waals surface area contributed by atoms with Gasteiger partial charge in [-0.25, -0.2) is 4.39 Å². The van der Waals surface area contributed by atoms with Crippen LogP contribution in [-0.4, -0.2) is 14.2 Å². The normalized spacial score (nSPS) is 10.5. The van der Waals surface area contributed by atoms with Gasteiger partial charge in [-0.3, -0.25) is 0 Å². The predicted octanol–water partition coefficient (Wildman–Crippen LogP) is 3.55. The van der Waals surface area contributed by atoms with Gasteiger partial charge in [-0.1, -0.05) is 0 Å². The predicted molar refractivity (Wildman–Crippen MR) is 61.9 cm³/mol. The highest BCUT2D eigenvalue weighted by Gasteiger charge is 2.21. The van der Waals surface area contributed by atoms with Crippen LogP contribution in [0.3, 0.4) is 0 Å². The van der Waals surface area contributed by atoms with E-state index in [1.807, 2.05) is 0 Å². The maximum absolute atomic E-state index is 13.6. The Morgan fingerprint density at radius 3 is 2.28 bits per heavy atom. The molecule has 0 radical (unpaired) electrons. The zero-order valence-electron chi connectivity index (χ0n) is 10.2. The monoisotopic (exact) mass is 254 g/mol. The van der Waals surface area contributed by atoms with Crippen molar-refractivity contribution in [2.75, 3.05) is 14.2 Å². The van der Waals surface area contributed by atoms with Crippen LogP contribution in [0.4, 0.5) is 8.78 Å². The number of hydrogen-bond acceptors (Lipinski definition) is 3. The second-order valence-electron chi connectivity index (χ2n) is 3.68. The quantitative estimate of drug-likeness (QED) is 0.839. The number of furan rings is 1. The van der Waals surface area contributed by atoms with Crippen LogP contribution in [0.25, 0.3) is 11.1 Å². The van der Waals surface area contributed by atoms with Crippen molar-refractivity contribution < 1.29 is 22.7 Å². The Hall–Kier alpha value is -2.04. The molecule has 0 aliphatic rings. The van der Waals surface area contributed by atoms with Gasteiger partial charge < -0.3 is 13.9 Å². The largest absolute Gasteiger partial charge is 0.493 e. The average Bonchev–Trinajstić information content (AvgIpc) is 2.73. The van der Waals surface area contributed by atoms with E-state index in [2.05, 4.69) is 0 Å². The molecule has 0 atom stereocenters. The molecule has 1 aromatic heterocycles. The topological polar surface area (TPSA) is 31.6 Å². The summed E-state index contributed by atoms with van der Waals surface area (Å²) in [7, 11) is 2.76. The molecule has 2 rings (SSSR count). The molecular formula is C13H12F2O3. The summed E-state index contributed by atoms with van der Waals surface area (Å²) in [5.41, 5.74) is 0.899. The zero-order chi connectivity index (χ0) is 13.3. The Balaban J connectivity index is 2.67. The Morgan fingerprint density at radius 2 is 1.67 bits per heavy atom. The summed E-state index contributed by atoms with van der Waals surface area (Å²) >= 11 is 0. The molecule has 0 unspecified atom stereocenters. The fourth-order valence-electron chi connectivity index (χ4n) is 1.83. The second kappa shape index (κ2) is 4.68. The summed E-state index contributed by atoms with van der Waals surface area (Å²) in [6, 6.07) is 2.46. The minimum atomic E-state index is -1.03. The SMILES string of the molecule is COc1c(-c2ccc(F)c(F)c2OC)coc1C. The third-order valence-electron chi connectivity index (χ3n) is 2.67. The Bertz CT molecular complexity index is 576. The third-order valence-corrected chi connectivity index (χ3v) is 2.67. The lowest BCUT2D eigenvalue weighted by Crippen LogP contribution is -1.96. The first-order valence-corrected chi connectivity index (χ1v) is 5.24. The van der Waals surface area contributed by atoms with E-state index < -0.39 is 11.6 Å². The van der Waals surface area contributed by atoms with Gasteiger partial charge in [0.25, 0.3) is 0 Å². The van der Waals surface area contributed by atoms with Crippen molar-refractivity contribution in [1.29, 1.82) is 0 Å². The van der Waals surface area contributed by atoms with Crippen molar-refractivity contribution in [2.24, 2.45) is 0 Å².